The Morgan fingerprint density at radius 1 is 1.25 bits per heavy atom. The number of hydrogen-bond donors (Lipinski definition) is 2. The first kappa shape index (κ1) is 24.9. The van der Waals surface area contributed by atoms with Crippen LogP contribution in [0, 0.1) is 22.7 Å². The van der Waals surface area contributed by atoms with Crippen molar-refractivity contribution in [3.63, 3.8) is 0 Å². The molecule has 2 aromatic rings. The van der Waals surface area contributed by atoms with Crippen LogP contribution in [-0.2, 0) is 9.59 Å². The van der Waals surface area contributed by atoms with Gasteiger partial charge in [-0.3, -0.25) is 14.6 Å². The van der Waals surface area contributed by atoms with Crippen LogP contribution in [0.3, 0.4) is 0 Å². The number of carbonyl (C=O) groups excluding carboxylic acids is 2. The van der Waals surface area contributed by atoms with Gasteiger partial charge in [0.2, 0.25) is 0 Å². The smallest absolute Gasteiger partial charge is 0.256 e. The molecule has 1 aromatic heterocycles. The Labute approximate surface area is 214 Å². The number of rotatable bonds is 6. The van der Waals surface area contributed by atoms with Crippen LogP contribution in [0.1, 0.15) is 72.1 Å². The van der Waals surface area contributed by atoms with Crippen molar-refractivity contribution in [2.45, 2.75) is 77.7 Å². The standard InChI is InChI=1S/C31H38N2O3/c1-4-5-14-31(36,28(35)33-24-10-11-27-21(18-24)7-6-17-32-27)29(2)15-13-26-22(20-29)8-9-23-19-25(34)12-16-30(23,26)3/h6-7,10-12,16-19,22,26,36H,4-5,8-9,13-15,20H2,1-3H3,(H,33,35)/t22?,26?,29?,30?,31-/m0/s1. The first-order valence-electron chi connectivity index (χ1n) is 13.5. The van der Waals surface area contributed by atoms with Crippen LogP contribution in [0.15, 0.2) is 60.3 Å². The van der Waals surface area contributed by atoms with Crippen LogP contribution in [0.5, 0.6) is 0 Å². The summed E-state index contributed by atoms with van der Waals surface area (Å²) in [6, 6.07) is 9.54. The molecule has 2 N–H and O–H groups in total. The molecule has 0 aliphatic heterocycles. The maximum absolute atomic E-state index is 13.8. The van der Waals surface area contributed by atoms with Crippen LogP contribution in [0.4, 0.5) is 5.69 Å². The average molecular weight is 487 g/mol. The molecule has 1 amide bonds. The number of amides is 1. The molecule has 0 bridgehead atoms. The molecule has 0 radical (unpaired) electrons. The largest absolute Gasteiger partial charge is 0.379 e. The van der Waals surface area contributed by atoms with Gasteiger partial charge < -0.3 is 10.4 Å². The zero-order valence-electron chi connectivity index (χ0n) is 21.7. The number of anilines is 1. The van der Waals surface area contributed by atoms with Crippen molar-refractivity contribution in [2.24, 2.45) is 22.7 Å². The Morgan fingerprint density at radius 3 is 2.89 bits per heavy atom. The van der Waals surface area contributed by atoms with Gasteiger partial charge in [-0.2, -0.15) is 0 Å². The second-order valence-electron chi connectivity index (χ2n) is 11.7. The van der Waals surface area contributed by atoms with Gasteiger partial charge in [0.05, 0.1) is 5.52 Å². The molecule has 5 nitrogen and oxygen atoms in total. The molecule has 3 aliphatic carbocycles. The fourth-order valence-corrected chi connectivity index (χ4v) is 7.29. The third-order valence-corrected chi connectivity index (χ3v) is 9.57. The van der Waals surface area contributed by atoms with Gasteiger partial charge in [0, 0.05) is 28.1 Å². The van der Waals surface area contributed by atoms with E-state index in [1.54, 1.807) is 12.3 Å². The van der Waals surface area contributed by atoms with E-state index >= 15 is 0 Å². The van der Waals surface area contributed by atoms with Crippen molar-refractivity contribution in [1.29, 1.82) is 0 Å². The number of ketones is 1. The van der Waals surface area contributed by atoms with E-state index in [4.69, 9.17) is 0 Å². The molecule has 2 saturated carbocycles. The van der Waals surface area contributed by atoms with Gasteiger partial charge in [0.15, 0.2) is 5.78 Å². The number of benzene rings is 1. The van der Waals surface area contributed by atoms with E-state index in [0.29, 0.717) is 23.9 Å². The number of fused-ring (bicyclic) bond motifs is 4. The Kier molecular flexibility index (Phi) is 6.40. The maximum atomic E-state index is 13.8. The van der Waals surface area contributed by atoms with E-state index in [0.717, 1.165) is 55.8 Å². The number of pyridine rings is 1. The minimum absolute atomic E-state index is 0.0941. The van der Waals surface area contributed by atoms with E-state index < -0.39 is 11.0 Å². The highest BCUT2D eigenvalue weighted by Crippen LogP contribution is 2.60. The second kappa shape index (κ2) is 9.26. The lowest BCUT2D eigenvalue weighted by molar-refractivity contribution is -0.162. The van der Waals surface area contributed by atoms with Crippen LogP contribution in [0.2, 0.25) is 0 Å². The summed E-state index contributed by atoms with van der Waals surface area (Å²) in [6.45, 7) is 6.49. The van der Waals surface area contributed by atoms with Gasteiger partial charge >= 0.3 is 0 Å². The van der Waals surface area contributed by atoms with Crippen molar-refractivity contribution in [1.82, 2.24) is 4.98 Å². The molecule has 1 aromatic carbocycles. The molecular formula is C31H38N2O3. The summed E-state index contributed by atoms with van der Waals surface area (Å²) in [5.74, 6) is 0.639. The van der Waals surface area contributed by atoms with E-state index in [2.05, 4.69) is 37.1 Å². The van der Waals surface area contributed by atoms with Gasteiger partial charge in [-0.15, -0.1) is 0 Å². The highest BCUT2D eigenvalue weighted by atomic mass is 16.3. The lowest BCUT2D eigenvalue weighted by atomic mass is 9.49. The van der Waals surface area contributed by atoms with E-state index in [1.165, 1.54) is 5.57 Å². The molecule has 4 unspecified atom stereocenters. The van der Waals surface area contributed by atoms with Gasteiger partial charge in [0.1, 0.15) is 5.60 Å². The SMILES string of the molecule is CCCC[C@](O)(C(=O)Nc1ccc2ncccc2c1)C1(C)CCC2C(CCC3=CC(=O)C=CC32C)C1. The summed E-state index contributed by atoms with van der Waals surface area (Å²) in [6.07, 6.45) is 14.1. The molecular weight excluding hydrogens is 448 g/mol. The highest BCUT2D eigenvalue weighted by molar-refractivity contribution is 6.01. The van der Waals surface area contributed by atoms with Crippen molar-refractivity contribution in [2.75, 3.05) is 5.32 Å². The summed E-state index contributed by atoms with van der Waals surface area (Å²) in [5.41, 5.74) is 0.750. The molecule has 3 aliphatic rings. The third kappa shape index (κ3) is 4.11. The summed E-state index contributed by atoms with van der Waals surface area (Å²) in [5, 5.41) is 16.2. The minimum Gasteiger partial charge on any atom is -0.379 e. The summed E-state index contributed by atoms with van der Waals surface area (Å²) in [7, 11) is 0. The summed E-state index contributed by atoms with van der Waals surface area (Å²) < 4.78 is 0. The highest BCUT2D eigenvalue weighted by Gasteiger charge is 2.58. The molecule has 36 heavy (non-hydrogen) atoms. The third-order valence-electron chi connectivity index (χ3n) is 9.57. The number of carbonyl (C=O) groups is 2. The normalized spacial score (nSPS) is 31.2. The van der Waals surface area contributed by atoms with Gasteiger partial charge in [-0.25, -0.2) is 0 Å². The number of allylic oxidation sites excluding steroid dienone is 4. The molecule has 0 saturated heterocycles. The van der Waals surface area contributed by atoms with E-state index in [1.807, 2.05) is 36.4 Å². The second-order valence-corrected chi connectivity index (χ2v) is 11.7. The Hall–Kier alpha value is -2.79. The Bertz CT molecular complexity index is 1250. The molecule has 5 heteroatoms. The van der Waals surface area contributed by atoms with Crippen LogP contribution < -0.4 is 5.32 Å². The quantitative estimate of drug-likeness (QED) is 0.496. The number of nitrogens with zero attached hydrogens (tertiary/aromatic N) is 1. The predicted octanol–water partition coefficient (Wildman–Crippen LogP) is 6.38. The molecule has 1 heterocycles. The van der Waals surface area contributed by atoms with Gasteiger partial charge in [-0.1, -0.05) is 51.3 Å². The minimum atomic E-state index is -1.45. The van der Waals surface area contributed by atoms with Crippen LogP contribution in [-0.4, -0.2) is 27.4 Å². The number of hydrogen-bond acceptors (Lipinski definition) is 4. The van der Waals surface area contributed by atoms with E-state index in [9.17, 15) is 14.7 Å². The summed E-state index contributed by atoms with van der Waals surface area (Å²) in [4.78, 5) is 30.2. The number of aromatic nitrogens is 1. The van der Waals surface area contributed by atoms with E-state index in [-0.39, 0.29) is 17.1 Å². The number of aliphatic hydroxyl groups is 1. The first-order valence-corrected chi connectivity index (χ1v) is 13.5. The average Bonchev–Trinajstić information content (AvgIpc) is 2.87. The van der Waals surface area contributed by atoms with Gasteiger partial charge in [0.25, 0.3) is 5.91 Å². The lowest BCUT2D eigenvalue weighted by Gasteiger charge is -2.56. The van der Waals surface area contributed by atoms with Crippen LogP contribution in [0.25, 0.3) is 10.9 Å². The fraction of sp³-hybridized carbons (Fsp3) is 0.516. The van der Waals surface area contributed by atoms with Crippen molar-refractivity contribution in [3.8, 4) is 0 Å². The summed E-state index contributed by atoms with van der Waals surface area (Å²) >= 11 is 0. The number of nitrogens with one attached hydrogen (secondary N) is 1. The van der Waals surface area contributed by atoms with Gasteiger partial charge in [-0.05, 0) is 86.8 Å². The van der Waals surface area contributed by atoms with Crippen LogP contribution >= 0.6 is 0 Å². The first-order chi connectivity index (χ1) is 17.2. The monoisotopic (exact) mass is 486 g/mol. The predicted molar refractivity (Wildman–Crippen MR) is 143 cm³/mol. The molecule has 5 atom stereocenters. The topological polar surface area (TPSA) is 79.3 Å². The Morgan fingerprint density at radius 2 is 2.08 bits per heavy atom. The van der Waals surface area contributed by atoms with Crippen molar-refractivity contribution in [3.05, 3.63) is 60.3 Å². The maximum Gasteiger partial charge on any atom is 0.256 e. The van der Waals surface area contributed by atoms with Crippen molar-refractivity contribution < 1.29 is 14.7 Å². The fourth-order valence-electron chi connectivity index (χ4n) is 7.29. The molecule has 0 spiro atoms. The molecule has 5 rings (SSSR count). The lowest BCUT2D eigenvalue weighted by Crippen LogP contribution is -2.59. The zero-order valence-corrected chi connectivity index (χ0v) is 21.7. The zero-order chi connectivity index (χ0) is 25.6. The van der Waals surface area contributed by atoms with Crippen molar-refractivity contribution >= 4 is 28.3 Å². The molecule has 2 fully saturated rings. The molecule has 190 valence electrons. The number of unbranched alkanes of at least 4 members (excludes halogenated alkanes) is 1. The Balaban J connectivity index is 1.41.